The molecule has 188 valence electrons. The molecule has 1 amide bonds. The van der Waals surface area contributed by atoms with Gasteiger partial charge in [-0.1, -0.05) is 45.0 Å². The molecule has 0 spiro atoms. The molecular weight excluding hydrogens is 470 g/mol. The van der Waals surface area contributed by atoms with Crippen molar-refractivity contribution in [3.05, 3.63) is 83.1 Å². The molecule has 4 aromatic rings. The molecule has 0 fully saturated rings. The Bertz CT molecular complexity index is 1550. The first-order valence-corrected chi connectivity index (χ1v) is 11.6. The molecule has 0 aliphatic carbocycles. The predicted octanol–water partition coefficient (Wildman–Crippen LogP) is 3.57. The number of ether oxygens (including phenoxy) is 1. The number of nitrogen functional groups attached to an aromatic ring is 1. The second-order valence-electron chi connectivity index (χ2n) is 9.40. The second-order valence-corrected chi connectivity index (χ2v) is 9.40. The summed E-state index contributed by atoms with van der Waals surface area (Å²) < 4.78 is 8.69. The van der Waals surface area contributed by atoms with Crippen LogP contribution in [0.4, 0.5) is 5.82 Å². The summed E-state index contributed by atoms with van der Waals surface area (Å²) >= 11 is 0. The quantitative estimate of drug-likeness (QED) is 0.294. The summed E-state index contributed by atoms with van der Waals surface area (Å²) in [5, 5.41) is 12.0. The lowest BCUT2D eigenvalue weighted by Crippen LogP contribution is -2.32. The number of amides is 1. The third-order valence-electron chi connectivity index (χ3n) is 5.37. The molecule has 10 heteroatoms. The number of benzene rings is 2. The number of rotatable bonds is 7. The Morgan fingerprint density at radius 3 is 2.43 bits per heavy atom. The van der Waals surface area contributed by atoms with Crippen LogP contribution in [0.25, 0.3) is 16.9 Å². The molecule has 0 radical (unpaired) electrons. The average molecular weight is 498 g/mol. The molecule has 0 atom stereocenters. The maximum Gasteiger partial charge on any atom is 0.335 e. The van der Waals surface area contributed by atoms with Gasteiger partial charge in [-0.15, -0.1) is 0 Å². The zero-order valence-corrected chi connectivity index (χ0v) is 20.8. The minimum absolute atomic E-state index is 0.0201. The minimum atomic E-state index is -0.502. The van der Waals surface area contributed by atoms with Crippen LogP contribution >= 0.6 is 0 Å². The van der Waals surface area contributed by atoms with E-state index in [4.69, 9.17) is 10.5 Å². The lowest BCUT2D eigenvalue weighted by molar-refractivity contribution is -0.117. The van der Waals surface area contributed by atoms with Gasteiger partial charge in [-0.25, -0.2) is 14.8 Å². The van der Waals surface area contributed by atoms with Crippen molar-refractivity contribution in [1.82, 2.24) is 24.4 Å². The van der Waals surface area contributed by atoms with Crippen LogP contribution in [0, 0.1) is 16.7 Å². The van der Waals surface area contributed by atoms with E-state index in [0.29, 0.717) is 28.4 Å². The minimum Gasteiger partial charge on any atom is -0.457 e. The third kappa shape index (κ3) is 5.67. The number of fused-ring (bicyclic) bond motifs is 1. The molecule has 0 saturated carbocycles. The second kappa shape index (κ2) is 10.4. The highest BCUT2D eigenvalue weighted by molar-refractivity contribution is 5.97. The lowest BCUT2D eigenvalue weighted by Gasteiger charge is -2.13. The Morgan fingerprint density at radius 1 is 1.11 bits per heavy atom. The van der Waals surface area contributed by atoms with E-state index in [0.717, 1.165) is 0 Å². The number of nitrogens with two attached hydrogens (primary N) is 1. The van der Waals surface area contributed by atoms with Gasteiger partial charge in [-0.3, -0.25) is 13.9 Å². The van der Waals surface area contributed by atoms with E-state index in [1.165, 1.54) is 15.5 Å². The van der Waals surface area contributed by atoms with Crippen LogP contribution in [-0.2, 0) is 11.3 Å². The van der Waals surface area contributed by atoms with E-state index in [-0.39, 0.29) is 35.6 Å². The summed E-state index contributed by atoms with van der Waals surface area (Å²) in [6.07, 6.45) is 2.90. The molecular formula is C27H27N7O3. The summed E-state index contributed by atoms with van der Waals surface area (Å²) in [5.41, 5.74) is 6.69. The van der Waals surface area contributed by atoms with Crippen LogP contribution in [0.3, 0.4) is 0 Å². The average Bonchev–Trinajstić information content (AvgIpc) is 3.15. The van der Waals surface area contributed by atoms with Gasteiger partial charge in [0.25, 0.3) is 5.91 Å². The molecule has 4 rings (SSSR count). The summed E-state index contributed by atoms with van der Waals surface area (Å²) in [7, 11) is 0. The highest BCUT2D eigenvalue weighted by atomic mass is 16.5. The molecule has 2 aromatic carbocycles. The van der Waals surface area contributed by atoms with E-state index in [1.54, 1.807) is 30.3 Å². The highest BCUT2D eigenvalue weighted by Gasteiger charge is 2.20. The van der Waals surface area contributed by atoms with Crippen molar-refractivity contribution in [1.29, 1.82) is 5.26 Å². The van der Waals surface area contributed by atoms with Crippen molar-refractivity contribution >= 4 is 22.9 Å². The number of allylic oxidation sites excluding steroid dienone is 1. The van der Waals surface area contributed by atoms with Gasteiger partial charge in [0, 0.05) is 13.1 Å². The number of hydrogen-bond acceptors (Lipinski definition) is 7. The predicted molar refractivity (Wildman–Crippen MR) is 140 cm³/mol. The number of anilines is 1. The standard InChI is InChI=1S/C27H27N7O3/c1-27(2,3)15-18(16-28)25(35)30-13-14-33-24-22(23(29)31-17-32-24)34(26(33)36)19-9-11-21(12-10-19)37-20-7-5-4-6-8-20/h4-12,15,17H,13-14H2,1-3H3,(H,30,35)(H2,29,31,32). The summed E-state index contributed by atoms with van der Waals surface area (Å²) in [5.74, 6) is 0.947. The number of nitriles is 1. The Hall–Kier alpha value is -4.91. The van der Waals surface area contributed by atoms with Gasteiger partial charge in [-0.05, 0) is 41.8 Å². The topological polar surface area (TPSA) is 141 Å². The number of carbonyl (C=O) groups excluding carboxylic acids is 1. The van der Waals surface area contributed by atoms with E-state index in [2.05, 4.69) is 15.3 Å². The number of hydrogen-bond donors (Lipinski definition) is 2. The van der Waals surface area contributed by atoms with Crippen LogP contribution in [0.5, 0.6) is 11.5 Å². The summed E-state index contributed by atoms with van der Waals surface area (Å²) in [4.78, 5) is 34.3. The Balaban J connectivity index is 1.61. The molecule has 0 saturated heterocycles. The fourth-order valence-electron chi connectivity index (χ4n) is 3.79. The molecule has 10 nitrogen and oxygen atoms in total. The maximum atomic E-state index is 13.5. The monoisotopic (exact) mass is 497 g/mol. The van der Waals surface area contributed by atoms with Crippen LogP contribution in [-0.4, -0.2) is 31.6 Å². The molecule has 37 heavy (non-hydrogen) atoms. The highest BCUT2D eigenvalue weighted by Crippen LogP contribution is 2.25. The van der Waals surface area contributed by atoms with E-state index in [9.17, 15) is 14.9 Å². The summed E-state index contributed by atoms with van der Waals surface area (Å²) in [6.45, 7) is 5.92. The SMILES string of the molecule is CC(C)(C)C=C(C#N)C(=O)NCCn1c(=O)n(-c2ccc(Oc3ccccc3)cc2)c2c(N)ncnc21. The smallest absolute Gasteiger partial charge is 0.335 e. The van der Waals surface area contributed by atoms with Gasteiger partial charge in [0.2, 0.25) is 0 Å². The fraction of sp³-hybridized carbons (Fsp3) is 0.222. The van der Waals surface area contributed by atoms with Crippen LogP contribution < -0.4 is 21.5 Å². The Kier molecular flexibility index (Phi) is 7.06. The fourth-order valence-corrected chi connectivity index (χ4v) is 3.79. The molecule has 0 unspecified atom stereocenters. The first-order valence-electron chi connectivity index (χ1n) is 11.6. The number of aromatic nitrogens is 4. The van der Waals surface area contributed by atoms with Gasteiger partial charge >= 0.3 is 5.69 Å². The van der Waals surface area contributed by atoms with Crippen molar-refractivity contribution in [3.63, 3.8) is 0 Å². The third-order valence-corrected chi connectivity index (χ3v) is 5.37. The van der Waals surface area contributed by atoms with Gasteiger partial charge < -0.3 is 15.8 Å². The largest absolute Gasteiger partial charge is 0.457 e. The molecule has 2 aromatic heterocycles. The first kappa shape index (κ1) is 25.2. The Labute approximate surface area is 213 Å². The number of nitrogens with zero attached hydrogens (tertiary/aromatic N) is 5. The summed E-state index contributed by atoms with van der Waals surface area (Å²) in [6, 6.07) is 18.3. The van der Waals surface area contributed by atoms with Crippen LogP contribution in [0.2, 0.25) is 0 Å². The number of para-hydroxylation sites is 1. The van der Waals surface area contributed by atoms with E-state index >= 15 is 0 Å². The molecule has 0 bridgehead atoms. The normalized spacial score (nSPS) is 11.8. The zero-order chi connectivity index (χ0) is 26.6. The van der Waals surface area contributed by atoms with Gasteiger partial charge in [0.15, 0.2) is 11.5 Å². The van der Waals surface area contributed by atoms with Gasteiger partial charge in [-0.2, -0.15) is 5.26 Å². The van der Waals surface area contributed by atoms with Crippen LogP contribution in [0.15, 0.2) is 77.4 Å². The number of carbonyl (C=O) groups is 1. The van der Waals surface area contributed by atoms with Crippen LogP contribution in [0.1, 0.15) is 20.8 Å². The lowest BCUT2D eigenvalue weighted by atomic mass is 9.93. The molecule has 0 aliphatic rings. The molecule has 0 aliphatic heterocycles. The number of nitrogens with one attached hydrogen (secondary N) is 1. The number of imidazole rings is 1. The zero-order valence-electron chi connectivity index (χ0n) is 20.8. The Morgan fingerprint density at radius 2 is 1.78 bits per heavy atom. The van der Waals surface area contributed by atoms with Gasteiger partial charge in [0.1, 0.15) is 35.0 Å². The van der Waals surface area contributed by atoms with Crippen molar-refractivity contribution in [2.45, 2.75) is 27.3 Å². The van der Waals surface area contributed by atoms with Gasteiger partial charge in [0.05, 0.1) is 5.69 Å². The van der Waals surface area contributed by atoms with Crippen molar-refractivity contribution in [2.75, 3.05) is 12.3 Å². The van der Waals surface area contributed by atoms with E-state index in [1.807, 2.05) is 57.2 Å². The van der Waals surface area contributed by atoms with Crippen molar-refractivity contribution in [2.24, 2.45) is 5.41 Å². The molecule has 3 N–H and O–H groups in total. The first-order chi connectivity index (χ1) is 17.7. The molecule has 2 heterocycles. The van der Waals surface area contributed by atoms with E-state index < -0.39 is 5.91 Å². The van der Waals surface area contributed by atoms with Crippen molar-refractivity contribution in [3.8, 4) is 23.3 Å². The maximum absolute atomic E-state index is 13.5. The van der Waals surface area contributed by atoms with Crippen molar-refractivity contribution < 1.29 is 9.53 Å².